The van der Waals surface area contributed by atoms with Crippen LogP contribution in [0.5, 0.6) is 0 Å². The van der Waals surface area contributed by atoms with Crippen LogP contribution in [0.4, 0.5) is 0 Å². The topological polar surface area (TPSA) is 80.7 Å². The Bertz CT molecular complexity index is 576. The van der Waals surface area contributed by atoms with Gasteiger partial charge in [-0.15, -0.1) is 0 Å². The van der Waals surface area contributed by atoms with E-state index in [1.807, 2.05) is 20.8 Å². The van der Waals surface area contributed by atoms with E-state index in [-0.39, 0.29) is 24.4 Å². The monoisotopic (exact) mass is 324 g/mol. The van der Waals surface area contributed by atoms with Gasteiger partial charge < -0.3 is 4.43 Å². The minimum absolute atomic E-state index is 0. The number of carbonyl (C=O) groups is 1. The Kier molecular flexibility index (Phi) is 7.93. The molecule has 114 valence electrons. The van der Waals surface area contributed by atoms with Crippen molar-refractivity contribution in [2.45, 2.75) is 43.8 Å². The molecule has 0 saturated carbocycles. The molecule has 0 unspecified atom stereocenters. The third kappa shape index (κ3) is 4.97. The molecule has 0 bridgehead atoms. The average Bonchev–Trinajstić information content (AvgIpc) is 2.44. The molecule has 0 atom stereocenters. The molecule has 5 nitrogen and oxygen atoms in total. The second-order valence-electron chi connectivity index (χ2n) is 4.60. The van der Waals surface area contributed by atoms with Crippen molar-refractivity contribution in [3.8, 4) is 0 Å². The first-order valence-corrected chi connectivity index (χ1v) is 10.6. The van der Waals surface area contributed by atoms with Crippen molar-refractivity contribution in [2.75, 3.05) is 0 Å². The van der Waals surface area contributed by atoms with Crippen molar-refractivity contribution in [3.63, 3.8) is 0 Å². The van der Waals surface area contributed by atoms with Crippen molar-refractivity contribution in [3.05, 3.63) is 29.8 Å². The van der Waals surface area contributed by atoms with Crippen molar-refractivity contribution in [1.82, 2.24) is 0 Å². The fraction of sp³-hybridized carbons (Fsp3) is 0.462. The summed E-state index contributed by atoms with van der Waals surface area (Å²) in [6, 6.07) is 7.87. The predicted octanol–water partition coefficient (Wildman–Crippen LogP) is 2.45. The summed E-state index contributed by atoms with van der Waals surface area (Å²) in [4.78, 5) is 11.8. The van der Waals surface area contributed by atoms with Gasteiger partial charge in [0.15, 0.2) is 0 Å². The zero-order valence-corrected chi connectivity index (χ0v) is 13.7. The van der Waals surface area contributed by atoms with Crippen molar-refractivity contribution in [1.29, 1.82) is 0 Å². The van der Waals surface area contributed by atoms with Gasteiger partial charge in [-0.1, -0.05) is 32.9 Å². The third-order valence-electron chi connectivity index (χ3n) is 3.63. The second kappa shape index (κ2) is 8.15. The van der Waals surface area contributed by atoms with E-state index in [1.165, 1.54) is 18.2 Å². The Morgan fingerprint density at radius 3 is 2.05 bits per heavy atom. The molecule has 21 heavy (non-hydrogen) atoms. The Labute approximate surface area is 139 Å². The third-order valence-corrected chi connectivity index (χ3v) is 9.02. The molecule has 0 spiro atoms. The van der Waals surface area contributed by atoms with E-state index in [4.69, 9.17) is 8.98 Å². The van der Waals surface area contributed by atoms with Gasteiger partial charge >= 0.3 is 24.8 Å². The molecule has 0 aromatic heterocycles. The summed E-state index contributed by atoms with van der Waals surface area (Å²) in [5.41, 5.74) is -0.109. The van der Waals surface area contributed by atoms with E-state index in [2.05, 4.69) is 0 Å². The van der Waals surface area contributed by atoms with Crippen molar-refractivity contribution in [2.24, 2.45) is 0 Å². The molecular weight excluding hydrogens is 303 g/mol. The van der Waals surface area contributed by atoms with Crippen LogP contribution in [0.1, 0.15) is 31.1 Å². The minimum atomic E-state index is -4.44. The van der Waals surface area contributed by atoms with Gasteiger partial charge in [0.1, 0.15) is 4.90 Å². The first kappa shape index (κ1) is 20.4. The van der Waals surface area contributed by atoms with E-state index in [1.54, 1.807) is 6.07 Å². The summed E-state index contributed by atoms with van der Waals surface area (Å²) >= 11 is 0. The van der Waals surface area contributed by atoms with Crippen molar-refractivity contribution >= 4 is 43.3 Å². The van der Waals surface area contributed by atoms with Crippen LogP contribution in [0.15, 0.2) is 29.2 Å². The molecule has 0 heterocycles. The molecule has 1 rings (SSSR count). The number of rotatable bonds is 6. The average molecular weight is 324 g/mol. The second-order valence-corrected chi connectivity index (χ2v) is 10.7. The molecular formula is C13H21LiO5SSi. The van der Waals surface area contributed by atoms with Crippen LogP contribution in [0.2, 0.25) is 18.1 Å². The van der Waals surface area contributed by atoms with Crippen LogP contribution < -0.4 is 0 Å². The van der Waals surface area contributed by atoms with E-state index in [9.17, 15) is 13.2 Å². The van der Waals surface area contributed by atoms with Crippen LogP contribution in [0, 0.1) is 0 Å². The van der Waals surface area contributed by atoms with Gasteiger partial charge in [0.2, 0.25) is 0 Å². The molecule has 1 aromatic rings. The number of hydrogen-bond acceptors (Lipinski definition) is 4. The van der Waals surface area contributed by atoms with Crippen LogP contribution in [0.25, 0.3) is 0 Å². The molecule has 0 fully saturated rings. The summed E-state index contributed by atoms with van der Waals surface area (Å²) in [7, 11) is -6.61. The quantitative estimate of drug-likeness (QED) is 0.642. The predicted molar refractivity (Wildman–Crippen MR) is 86.0 cm³/mol. The van der Waals surface area contributed by atoms with Crippen molar-refractivity contribution < 1.29 is 22.2 Å². The molecule has 0 radical (unpaired) electrons. The number of hydrogen-bond donors (Lipinski definition) is 1. The van der Waals surface area contributed by atoms with E-state index in [0.717, 1.165) is 18.1 Å². The fourth-order valence-corrected chi connectivity index (χ4v) is 5.19. The first-order chi connectivity index (χ1) is 9.29. The maximum absolute atomic E-state index is 12.2. The summed E-state index contributed by atoms with van der Waals surface area (Å²) in [6.07, 6.45) is 0. The van der Waals surface area contributed by atoms with Crippen LogP contribution in [-0.4, -0.2) is 46.1 Å². The van der Waals surface area contributed by atoms with Gasteiger partial charge in [-0.25, -0.2) is 4.79 Å². The van der Waals surface area contributed by atoms with Gasteiger partial charge in [0.25, 0.3) is 18.4 Å². The van der Waals surface area contributed by atoms with E-state index in [0.29, 0.717) is 0 Å². The summed E-state index contributed by atoms with van der Waals surface area (Å²) in [6.45, 7) is 5.92. The number of benzene rings is 1. The van der Waals surface area contributed by atoms with E-state index >= 15 is 0 Å². The SMILES string of the molecule is CC[Si](CC)(CC)OC(=O)c1ccccc1S(=O)(=O)O.[LiH]. The zero-order chi connectivity index (χ0) is 15.4. The van der Waals surface area contributed by atoms with E-state index < -0.39 is 29.3 Å². The molecule has 0 aliphatic heterocycles. The van der Waals surface area contributed by atoms with Crippen LogP contribution >= 0.6 is 0 Å². The Morgan fingerprint density at radius 2 is 1.62 bits per heavy atom. The van der Waals surface area contributed by atoms with Gasteiger partial charge in [0.05, 0.1) is 5.56 Å². The summed E-state index contributed by atoms with van der Waals surface area (Å²) in [5, 5.41) is 0. The van der Waals surface area contributed by atoms with Gasteiger partial charge in [-0.2, -0.15) is 8.42 Å². The molecule has 0 saturated heterocycles. The number of carbonyl (C=O) groups excluding carboxylic acids is 1. The zero-order valence-electron chi connectivity index (χ0n) is 11.9. The first-order valence-electron chi connectivity index (χ1n) is 6.59. The standard InChI is InChI=1S/C13H20O5SSi.Li.H/c1-4-20(5-2,6-3)18-13(14)11-9-7-8-10-12(11)19(15,16)17;;/h7-10H,4-6H2,1-3H3,(H,15,16,17);;. The summed E-state index contributed by atoms with van der Waals surface area (Å²) in [5.74, 6) is -0.671. The van der Waals surface area contributed by atoms with Gasteiger partial charge in [-0.3, -0.25) is 4.55 Å². The molecule has 1 aromatic carbocycles. The molecule has 1 N–H and O–H groups in total. The normalized spacial score (nSPS) is 11.6. The van der Waals surface area contributed by atoms with Gasteiger partial charge in [0, 0.05) is 0 Å². The molecule has 0 aliphatic rings. The summed E-state index contributed by atoms with van der Waals surface area (Å²) < 4.78 is 37.4. The van der Waals surface area contributed by atoms with Crippen LogP contribution in [0.3, 0.4) is 0 Å². The molecule has 8 heteroatoms. The maximum atomic E-state index is 12.2. The van der Waals surface area contributed by atoms with Crippen LogP contribution in [-0.2, 0) is 14.5 Å². The molecule has 0 amide bonds. The Morgan fingerprint density at radius 1 is 1.14 bits per heavy atom. The Balaban J connectivity index is 0.00000400. The Hall–Kier alpha value is -0.586. The fourth-order valence-electron chi connectivity index (χ4n) is 2.08. The van der Waals surface area contributed by atoms with Gasteiger partial charge in [-0.05, 0) is 30.3 Å². The molecule has 0 aliphatic carbocycles.